The molecule has 0 bridgehead atoms. The van der Waals surface area contributed by atoms with E-state index in [0.717, 1.165) is 18.8 Å². The van der Waals surface area contributed by atoms with Gasteiger partial charge in [0.25, 0.3) is 0 Å². The SMILES string of the molecule is Cc1ccc2c(n1)N(c1ccc(Cl)cc1)C(=O)N/C2=C\C(=O)N1CCN(C)CC1. The number of hydrogen-bond acceptors (Lipinski definition) is 4. The fourth-order valence-electron chi connectivity index (χ4n) is 3.44. The van der Waals surface area contributed by atoms with Crippen molar-refractivity contribution in [2.45, 2.75) is 6.92 Å². The number of hydrogen-bond donors (Lipinski definition) is 1. The van der Waals surface area contributed by atoms with E-state index in [1.54, 1.807) is 29.2 Å². The van der Waals surface area contributed by atoms with Gasteiger partial charge in [-0.1, -0.05) is 11.6 Å². The van der Waals surface area contributed by atoms with Gasteiger partial charge in [-0.25, -0.2) is 14.7 Å². The molecule has 3 amide bonds. The number of aromatic nitrogens is 1. The van der Waals surface area contributed by atoms with E-state index in [2.05, 4.69) is 15.2 Å². The molecular formula is C21H22ClN5O2. The molecule has 1 aromatic carbocycles. The number of carbonyl (C=O) groups excluding carboxylic acids is 2. The predicted octanol–water partition coefficient (Wildman–Crippen LogP) is 3.02. The molecule has 0 aliphatic carbocycles. The Morgan fingerprint density at radius 3 is 2.48 bits per heavy atom. The maximum atomic E-state index is 12.9. The summed E-state index contributed by atoms with van der Waals surface area (Å²) in [7, 11) is 2.04. The number of nitrogens with one attached hydrogen (secondary N) is 1. The molecular weight excluding hydrogens is 390 g/mol. The first kappa shape index (κ1) is 19.4. The van der Waals surface area contributed by atoms with Gasteiger partial charge in [-0.2, -0.15) is 0 Å². The summed E-state index contributed by atoms with van der Waals surface area (Å²) in [5, 5.41) is 3.44. The number of aryl methyl sites for hydroxylation is 1. The number of amides is 3. The van der Waals surface area contributed by atoms with E-state index in [1.165, 1.54) is 11.0 Å². The van der Waals surface area contributed by atoms with Gasteiger partial charge in [0.2, 0.25) is 5.91 Å². The Labute approximate surface area is 174 Å². The van der Waals surface area contributed by atoms with Crippen LogP contribution < -0.4 is 10.2 Å². The molecule has 3 heterocycles. The van der Waals surface area contributed by atoms with E-state index in [4.69, 9.17) is 11.6 Å². The van der Waals surface area contributed by atoms with Crippen molar-refractivity contribution in [1.29, 1.82) is 0 Å². The van der Waals surface area contributed by atoms with Crippen molar-refractivity contribution in [3.63, 3.8) is 0 Å². The molecule has 2 aliphatic heterocycles. The summed E-state index contributed by atoms with van der Waals surface area (Å²) in [5.74, 6) is 0.383. The number of nitrogens with zero attached hydrogens (tertiary/aromatic N) is 4. The molecule has 0 radical (unpaired) electrons. The topological polar surface area (TPSA) is 68.8 Å². The average molecular weight is 412 g/mol. The Hall–Kier alpha value is -2.90. The van der Waals surface area contributed by atoms with Gasteiger partial charge in [0.15, 0.2) is 5.82 Å². The summed E-state index contributed by atoms with van der Waals surface area (Å²) in [6, 6.07) is 10.4. The third-order valence-corrected chi connectivity index (χ3v) is 5.38. The molecule has 1 fully saturated rings. The minimum absolute atomic E-state index is 0.111. The van der Waals surface area contributed by atoms with E-state index in [-0.39, 0.29) is 11.9 Å². The number of piperazine rings is 1. The third kappa shape index (κ3) is 3.97. The molecule has 4 rings (SSSR count). The molecule has 0 atom stereocenters. The van der Waals surface area contributed by atoms with Crippen LogP contribution in [0, 0.1) is 6.92 Å². The Kier molecular flexibility index (Phi) is 5.25. The Morgan fingerprint density at radius 2 is 1.79 bits per heavy atom. The second kappa shape index (κ2) is 7.85. The smallest absolute Gasteiger partial charge is 0.332 e. The van der Waals surface area contributed by atoms with E-state index in [0.29, 0.717) is 40.9 Å². The maximum absolute atomic E-state index is 12.9. The molecule has 0 unspecified atom stereocenters. The van der Waals surface area contributed by atoms with E-state index in [9.17, 15) is 9.59 Å². The highest BCUT2D eigenvalue weighted by Crippen LogP contribution is 2.35. The van der Waals surface area contributed by atoms with Crippen molar-refractivity contribution >= 4 is 40.7 Å². The van der Waals surface area contributed by atoms with Crippen molar-refractivity contribution in [2.24, 2.45) is 0 Å². The number of pyridine rings is 1. The van der Waals surface area contributed by atoms with Gasteiger partial charge in [-0.3, -0.25) is 4.79 Å². The molecule has 2 aliphatic rings. The first-order valence-electron chi connectivity index (χ1n) is 9.46. The molecule has 0 spiro atoms. The van der Waals surface area contributed by atoms with Crippen LogP contribution in [0.25, 0.3) is 5.70 Å². The van der Waals surface area contributed by atoms with E-state index in [1.807, 2.05) is 26.1 Å². The number of rotatable bonds is 2. The minimum atomic E-state index is -0.365. The zero-order valence-corrected chi connectivity index (χ0v) is 17.1. The molecule has 150 valence electrons. The van der Waals surface area contributed by atoms with Crippen LogP contribution in [0.4, 0.5) is 16.3 Å². The van der Waals surface area contributed by atoms with Gasteiger partial charge in [-0.15, -0.1) is 0 Å². The van der Waals surface area contributed by atoms with Crippen LogP contribution in [0.15, 0.2) is 42.5 Å². The number of benzene rings is 1. The van der Waals surface area contributed by atoms with Crippen LogP contribution >= 0.6 is 11.6 Å². The molecule has 1 N–H and O–H groups in total. The van der Waals surface area contributed by atoms with Crippen LogP contribution in [0.3, 0.4) is 0 Å². The molecule has 1 aromatic heterocycles. The van der Waals surface area contributed by atoms with Crippen molar-refractivity contribution < 1.29 is 9.59 Å². The van der Waals surface area contributed by atoms with Gasteiger partial charge >= 0.3 is 6.03 Å². The predicted molar refractivity (Wildman–Crippen MR) is 113 cm³/mol. The van der Waals surface area contributed by atoms with Gasteiger partial charge in [0.1, 0.15) is 0 Å². The largest absolute Gasteiger partial charge is 0.337 e. The minimum Gasteiger partial charge on any atom is -0.337 e. The number of anilines is 2. The number of likely N-dealkylation sites (N-methyl/N-ethyl adjacent to an activating group) is 1. The van der Waals surface area contributed by atoms with Crippen molar-refractivity contribution in [3.05, 3.63) is 58.8 Å². The molecule has 0 saturated carbocycles. The molecule has 29 heavy (non-hydrogen) atoms. The molecule has 1 saturated heterocycles. The zero-order valence-electron chi connectivity index (χ0n) is 16.4. The van der Waals surface area contributed by atoms with Crippen molar-refractivity contribution in [3.8, 4) is 0 Å². The Morgan fingerprint density at radius 1 is 1.10 bits per heavy atom. The second-order valence-electron chi connectivity index (χ2n) is 7.25. The van der Waals surface area contributed by atoms with Crippen LogP contribution in [0.2, 0.25) is 5.02 Å². The summed E-state index contributed by atoms with van der Waals surface area (Å²) in [5.41, 5.74) is 2.59. The van der Waals surface area contributed by atoms with E-state index < -0.39 is 0 Å². The summed E-state index contributed by atoms with van der Waals surface area (Å²) in [4.78, 5) is 35.8. The lowest BCUT2D eigenvalue weighted by Gasteiger charge is -2.33. The van der Waals surface area contributed by atoms with Crippen molar-refractivity contribution in [2.75, 3.05) is 38.1 Å². The normalized spacial score (nSPS) is 18.6. The van der Waals surface area contributed by atoms with Crippen LogP contribution in [0.5, 0.6) is 0 Å². The first-order chi connectivity index (χ1) is 13.9. The average Bonchev–Trinajstić information content (AvgIpc) is 2.69. The fourth-order valence-corrected chi connectivity index (χ4v) is 3.57. The van der Waals surface area contributed by atoms with Crippen LogP contribution in [0.1, 0.15) is 11.3 Å². The first-order valence-corrected chi connectivity index (χ1v) is 9.84. The number of urea groups is 1. The lowest BCUT2D eigenvalue weighted by molar-refractivity contribution is -0.127. The molecule has 7 nitrogen and oxygen atoms in total. The van der Waals surface area contributed by atoms with Gasteiger partial charge in [0.05, 0.1) is 11.4 Å². The van der Waals surface area contributed by atoms with Gasteiger partial charge in [0, 0.05) is 48.5 Å². The monoisotopic (exact) mass is 411 g/mol. The summed E-state index contributed by atoms with van der Waals surface area (Å²) in [6.45, 7) is 4.88. The van der Waals surface area contributed by atoms with Crippen LogP contribution in [-0.4, -0.2) is 59.9 Å². The molecule has 2 aromatic rings. The van der Waals surface area contributed by atoms with E-state index >= 15 is 0 Å². The number of halogens is 1. The lowest BCUT2D eigenvalue weighted by atomic mass is 10.1. The highest BCUT2D eigenvalue weighted by molar-refractivity contribution is 6.30. The summed E-state index contributed by atoms with van der Waals surface area (Å²) < 4.78 is 0. The fraction of sp³-hybridized carbons (Fsp3) is 0.286. The highest BCUT2D eigenvalue weighted by atomic mass is 35.5. The summed E-state index contributed by atoms with van der Waals surface area (Å²) >= 11 is 5.99. The number of carbonyl (C=O) groups is 2. The molecule has 8 heteroatoms. The standard InChI is InChI=1S/C21H22ClN5O2/c1-14-3-8-17-18(13-19(28)26-11-9-25(2)10-12-26)24-21(29)27(20(17)23-14)16-6-4-15(22)5-7-16/h3-8,13H,9-12H2,1-2H3,(H,24,29)/b18-13-. The van der Waals surface area contributed by atoms with Gasteiger partial charge in [-0.05, 0) is 50.4 Å². The van der Waals surface area contributed by atoms with Gasteiger partial charge < -0.3 is 15.1 Å². The van der Waals surface area contributed by atoms with Crippen LogP contribution in [-0.2, 0) is 4.79 Å². The Bertz CT molecular complexity index is 981. The second-order valence-corrected chi connectivity index (χ2v) is 7.69. The third-order valence-electron chi connectivity index (χ3n) is 5.13. The Balaban J connectivity index is 1.70. The maximum Gasteiger partial charge on any atom is 0.332 e. The quantitative estimate of drug-likeness (QED) is 0.771. The number of fused-ring (bicyclic) bond motifs is 1. The highest BCUT2D eigenvalue weighted by Gasteiger charge is 2.31. The zero-order chi connectivity index (χ0) is 20.5. The van der Waals surface area contributed by atoms with Crippen molar-refractivity contribution in [1.82, 2.24) is 20.1 Å². The lowest BCUT2D eigenvalue weighted by Crippen LogP contribution is -2.47. The summed E-state index contributed by atoms with van der Waals surface area (Å²) in [6.07, 6.45) is 1.50.